The average Bonchev–Trinajstić information content (AvgIpc) is 3.07. The lowest BCUT2D eigenvalue weighted by Crippen LogP contribution is -2.48. The molecule has 3 atom stereocenters. The van der Waals surface area contributed by atoms with Crippen LogP contribution in [0.4, 0.5) is 0 Å². The first-order valence-corrected chi connectivity index (χ1v) is 9.35. The number of fused-ring (bicyclic) bond motifs is 1. The zero-order valence-corrected chi connectivity index (χ0v) is 16.4. The first kappa shape index (κ1) is 19.6. The first-order valence-electron chi connectivity index (χ1n) is 9.35. The number of carbonyl (C=O) groups excluding carboxylic acids is 2. The van der Waals surface area contributed by atoms with Crippen molar-refractivity contribution in [2.24, 2.45) is 5.92 Å². The van der Waals surface area contributed by atoms with E-state index in [1.807, 2.05) is 0 Å². The summed E-state index contributed by atoms with van der Waals surface area (Å²) in [7, 11) is 2.81. The molecule has 148 valence electrons. The summed E-state index contributed by atoms with van der Waals surface area (Å²) >= 11 is 0. The third-order valence-electron chi connectivity index (χ3n) is 5.35. The fourth-order valence-electron chi connectivity index (χ4n) is 3.76. The largest absolute Gasteiger partial charge is 0.497 e. The Morgan fingerprint density at radius 1 is 1.19 bits per heavy atom. The maximum atomic E-state index is 12.7. The van der Waals surface area contributed by atoms with Crippen LogP contribution in [0.5, 0.6) is 5.75 Å². The second kappa shape index (κ2) is 8.27. The van der Waals surface area contributed by atoms with Crippen LogP contribution in [0, 0.1) is 5.92 Å². The van der Waals surface area contributed by atoms with Crippen LogP contribution < -0.4 is 10.1 Å². The molecule has 2 saturated heterocycles. The Hall–Kier alpha value is -2.12. The highest BCUT2D eigenvalue weighted by atomic mass is 16.5. The van der Waals surface area contributed by atoms with E-state index in [4.69, 9.17) is 14.2 Å². The van der Waals surface area contributed by atoms with E-state index in [-0.39, 0.29) is 18.1 Å². The lowest BCUT2D eigenvalue weighted by atomic mass is 10.0. The van der Waals surface area contributed by atoms with Crippen LogP contribution in [0.25, 0.3) is 0 Å². The van der Waals surface area contributed by atoms with E-state index in [2.05, 4.69) is 24.1 Å². The summed E-state index contributed by atoms with van der Waals surface area (Å²) in [6, 6.07) is 5.12. The van der Waals surface area contributed by atoms with Gasteiger partial charge in [-0.3, -0.25) is 9.69 Å². The van der Waals surface area contributed by atoms with Crippen molar-refractivity contribution in [2.75, 3.05) is 33.9 Å². The van der Waals surface area contributed by atoms with Crippen LogP contribution in [0.1, 0.15) is 41.0 Å². The van der Waals surface area contributed by atoms with E-state index in [9.17, 15) is 9.59 Å². The van der Waals surface area contributed by atoms with Gasteiger partial charge < -0.3 is 19.5 Å². The molecule has 2 aliphatic rings. The first-order chi connectivity index (χ1) is 12.9. The van der Waals surface area contributed by atoms with Crippen molar-refractivity contribution in [1.29, 1.82) is 0 Å². The molecule has 0 radical (unpaired) electrons. The molecule has 0 unspecified atom stereocenters. The molecule has 2 aliphatic heterocycles. The van der Waals surface area contributed by atoms with Gasteiger partial charge in [0.2, 0.25) is 0 Å². The second-order valence-corrected chi connectivity index (χ2v) is 7.57. The van der Waals surface area contributed by atoms with Crippen molar-refractivity contribution in [3.63, 3.8) is 0 Å². The molecule has 0 bridgehead atoms. The molecule has 1 N–H and O–H groups in total. The lowest BCUT2D eigenvalue weighted by Gasteiger charge is -2.36. The van der Waals surface area contributed by atoms with Gasteiger partial charge in [-0.1, -0.05) is 13.8 Å². The predicted octanol–water partition coefficient (Wildman–Crippen LogP) is 1.71. The quantitative estimate of drug-likeness (QED) is 0.789. The molecule has 0 aliphatic carbocycles. The van der Waals surface area contributed by atoms with Crippen LogP contribution in [-0.4, -0.2) is 68.9 Å². The van der Waals surface area contributed by atoms with Gasteiger partial charge in [0.05, 0.1) is 32.5 Å². The number of esters is 1. The van der Waals surface area contributed by atoms with E-state index in [1.165, 1.54) is 20.3 Å². The minimum Gasteiger partial charge on any atom is -0.497 e. The Morgan fingerprint density at radius 3 is 2.59 bits per heavy atom. The third-order valence-corrected chi connectivity index (χ3v) is 5.35. The Morgan fingerprint density at radius 2 is 1.93 bits per heavy atom. The van der Waals surface area contributed by atoms with Crippen molar-refractivity contribution in [3.8, 4) is 5.75 Å². The monoisotopic (exact) mass is 376 g/mol. The smallest absolute Gasteiger partial charge is 0.338 e. The number of hydrogen-bond donors (Lipinski definition) is 1. The number of amides is 1. The van der Waals surface area contributed by atoms with Gasteiger partial charge in [-0.05, 0) is 30.5 Å². The maximum Gasteiger partial charge on any atom is 0.338 e. The van der Waals surface area contributed by atoms with Gasteiger partial charge in [-0.15, -0.1) is 0 Å². The summed E-state index contributed by atoms with van der Waals surface area (Å²) in [5.41, 5.74) is 0.676. The number of benzene rings is 1. The van der Waals surface area contributed by atoms with Gasteiger partial charge in [0.15, 0.2) is 0 Å². The second-order valence-electron chi connectivity index (χ2n) is 7.57. The van der Waals surface area contributed by atoms with Gasteiger partial charge in [-0.25, -0.2) is 4.79 Å². The number of ether oxygens (including phenoxy) is 3. The Balaban J connectivity index is 1.67. The lowest BCUT2D eigenvalue weighted by molar-refractivity contribution is -0.0683. The summed E-state index contributed by atoms with van der Waals surface area (Å²) in [6.07, 6.45) is 1.11. The molecule has 0 saturated carbocycles. The van der Waals surface area contributed by atoms with Crippen LogP contribution in [-0.2, 0) is 9.47 Å². The third kappa shape index (κ3) is 4.42. The predicted molar refractivity (Wildman–Crippen MR) is 100 cm³/mol. The van der Waals surface area contributed by atoms with E-state index in [1.54, 1.807) is 12.1 Å². The molecule has 3 rings (SSSR count). The molecular formula is C20H28N2O5. The minimum absolute atomic E-state index is 0.0600. The maximum absolute atomic E-state index is 12.7. The normalized spacial score (nSPS) is 25.1. The van der Waals surface area contributed by atoms with Gasteiger partial charge in [0, 0.05) is 30.7 Å². The van der Waals surface area contributed by atoms with Crippen molar-refractivity contribution < 1.29 is 23.8 Å². The fourth-order valence-corrected chi connectivity index (χ4v) is 3.76. The highest BCUT2D eigenvalue weighted by Gasteiger charge is 2.38. The van der Waals surface area contributed by atoms with E-state index >= 15 is 0 Å². The molecule has 1 amide bonds. The number of morpholine rings is 1. The number of carbonyl (C=O) groups is 2. The number of nitrogens with one attached hydrogen (secondary N) is 1. The zero-order chi connectivity index (χ0) is 19.6. The van der Waals surface area contributed by atoms with Crippen LogP contribution in [0.3, 0.4) is 0 Å². The molecule has 27 heavy (non-hydrogen) atoms. The molecule has 7 nitrogen and oxygen atoms in total. The minimum atomic E-state index is -0.502. The molecule has 1 aromatic rings. The van der Waals surface area contributed by atoms with E-state index < -0.39 is 5.97 Å². The Kier molecular flexibility index (Phi) is 6.01. The SMILES string of the molecule is COC(=O)c1cc(OC)cc(C(=O)N[C@H]2C[C@H]3CO[C@H](C(C)C)CN3C2)c1. The van der Waals surface area contributed by atoms with Crippen LogP contribution in [0.2, 0.25) is 0 Å². The number of nitrogens with zero attached hydrogens (tertiary/aromatic N) is 1. The van der Waals surface area contributed by atoms with Crippen molar-refractivity contribution >= 4 is 11.9 Å². The van der Waals surface area contributed by atoms with Gasteiger partial charge in [-0.2, -0.15) is 0 Å². The molecule has 1 aromatic carbocycles. The van der Waals surface area contributed by atoms with Crippen molar-refractivity contribution in [1.82, 2.24) is 10.2 Å². The van der Waals surface area contributed by atoms with E-state index in [0.29, 0.717) is 35.4 Å². The Bertz CT molecular complexity index is 706. The van der Waals surface area contributed by atoms with Gasteiger partial charge >= 0.3 is 5.97 Å². The molecule has 2 fully saturated rings. The average molecular weight is 376 g/mol. The number of hydrogen-bond acceptors (Lipinski definition) is 6. The molecule has 0 spiro atoms. The summed E-state index contributed by atoms with van der Waals surface area (Å²) in [5.74, 6) is 0.205. The molecule has 2 heterocycles. The standard InChI is InChI=1S/C20H28N2O5/c1-12(2)18-10-22-9-15(8-16(22)11-27-18)21-19(23)13-5-14(20(24)26-4)7-17(6-13)25-3/h5-7,12,15-16,18H,8-11H2,1-4H3,(H,21,23)/t15-,16-,18-/m0/s1. The summed E-state index contributed by atoms with van der Waals surface area (Å²) in [5, 5.41) is 3.09. The summed E-state index contributed by atoms with van der Waals surface area (Å²) in [6.45, 7) is 6.77. The zero-order valence-electron chi connectivity index (χ0n) is 16.4. The van der Waals surface area contributed by atoms with Crippen molar-refractivity contribution in [3.05, 3.63) is 29.3 Å². The Labute approximate surface area is 160 Å². The van der Waals surface area contributed by atoms with Crippen LogP contribution >= 0.6 is 0 Å². The van der Waals surface area contributed by atoms with Gasteiger partial charge in [0.1, 0.15) is 5.75 Å². The van der Waals surface area contributed by atoms with E-state index in [0.717, 1.165) is 19.5 Å². The summed E-state index contributed by atoms with van der Waals surface area (Å²) < 4.78 is 15.9. The topological polar surface area (TPSA) is 77.1 Å². The van der Waals surface area contributed by atoms with Gasteiger partial charge in [0.25, 0.3) is 5.91 Å². The fraction of sp³-hybridized carbons (Fsp3) is 0.600. The van der Waals surface area contributed by atoms with Crippen molar-refractivity contribution in [2.45, 2.75) is 38.5 Å². The number of methoxy groups -OCH3 is 2. The molecule has 7 heteroatoms. The highest BCUT2D eigenvalue weighted by Crippen LogP contribution is 2.26. The van der Waals surface area contributed by atoms with Crippen LogP contribution in [0.15, 0.2) is 18.2 Å². The molecule has 0 aromatic heterocycles. The highest BCUT2D eigenvalue weighted by molar-refractivity contribution is 5.98. The summed E-state index contributed by atoms with van der Waals surface area (Å²) in [4.78, 5) is 27.0. The number of rotatable bonds is 5. The molecular weight excluding hydrogens is 348 g/mol.